The third-order valence-corrected chi connectivity index (χ3v) is 4.12. The Hall–Kier alpha value is -2.40. The second-order valence-electron chi connectivity index (χ2n) is 4.90. The number of methoxy groups -OCH3 is 2. The van der Waals surface area contributed by atoms with Gasteiger partial charge in [0.1, 0.15) is 18.1 Å². The van der Waals surface area contributed by atoms with E-state index in [9.17, 15) is 4.79 Å². The molecule has 126 valence electrons. The summed E-state index contributed by atoms with van der Waals surface area (Å²) in [5.74, 6) is 0.944. The van der Waals surface area contributed by atoms with Gasteiger partial charge in [-0.25, -0.2) is 4.79 Å². The maximum Gasteiger partial charge on any atom is 0.331 e. The Balaban J connectivity index is 1.97. The summed E-state index contributed by atoms with van der Waals surface area (Å²) in [6, 6.07) is 13.3. The molecule has 0 heterocycles. The Morgan fingerprint density at radius 2 is 1.83 bits per heavy atom. The number of hydrogen-bond donors (Lipinski definition) is 0. The normalized spacial score (nSPS) is 10.6. The van der Waals surface area contributed by atoms with E-state index < -0.39 is 5.97 Å². The minimum Gasteiger partial charge on any atom is -0.497 e. The van der Waals surface area contributed by atoms with Gasteiger partial charge in [-0.2, -0.15) is 0 Å². The largest absolute Gasteiger partial charge is 0.497 e. The quantitative estimate of drug-likeness (QED) is 0.428. The van der Waals surface area contributed by atoms with E-state index >= 15 is 0 Å². The van der Waals surface area contributed by atoms with Crippen LogP contribution in [0.15, 0.2) is 53.4 Å². The molecule has 0 bridgehead atoms. The lowest BCUT2D eigenvalue weighted by Gasteiger charge is -2.07. The van der Waals surface area contributed by atoms with E-state index in [1.165, 1.54) is 11.0 Å². The molecule has 0 aliphatic rings. The summed E-state index contributed by atoms with van der Waals surface area (Å²) in [6.07, 6.45) is 5.06. The predicted octanol–water partition coefficient (Wildman–Crippen LogP) is 4.18. The van der Waals surface area contributed by atoms with Crippen LogP contribution in [0.1, 0.15) is 11.1 Å². The molecular weight excluding hydrogens is 324 g/mol. The number of esters is 1. The van der Waals surface area contributed by atoms with Crippen LogP contribution in [-0.4, -0.2) is 26.4 Å². The lowest BCUT2D eigenvalue weighted by Crippen LogP contribution is -2.00. The maximum atomic E-state index is 11.9. The number of carbonyl (C=O) groups is 1. The highest BCUT2D eigenvalue weighted by atomic mass is 32.2. The number of rotatable bonds is 7. The van der Waals surface area contributed by atoms with Gasteiger partial charge in [-0.3, -0.25) is 0 Å². The van der Waals surface area contributed by atoms with E-state index in [2.05, 4.69) is 0 Å². The zero-order valence-corrected chi connectivity index (χ0v) is 14.8. The first-order chi connectivity index (χ1) is 11.7. The molecular formula is C19H20O4S. The fourth-order valence-electron chi connectivity index (χ4n) is 2.05. The van der Waals surface area contributed by atoms with Crippen molar-refractivity contribution in [1.29, 1.82) is 0 Å². The van der Waals surface area contributed by atoms with Crippen molar-refractivity contribution in [2.24, 2.45) is 0 Å². The van der Waals surface area contributed by atoms with Gasteiger partial charge in [0.05, 0.1) is 14.2 Å². The van der Waals surface area contributed by atoms with Gasteiger partial charge in [-0.15, -0.1) is 11.8 Å². The first-order valence-electron chi connectivity index (χ1n) is 7.36. The first kappa shape index (κ1) is 17.9. The predicted molar refractivity (Wildman–Crippen MR) is 96.6 cm³/mol. The summed E-state index contributed by atoms with van der Waals surface area (Å²) in [5.41, 5.74) is 1.70. The first-order valence-corrected chi connectivity index (χ1v) is 8.58. The molecule has 0 saturated heterocycles. The van der Waals surface area contributed by atoms with Crippen molar-refractivity contribution >= 4 is 23.8 Å². The Kier molecular flexibility index (Phi) is 6.75. The zero-order chi connectivity index (χ0) is 17.4. The van der Waals surface area contributed by atoms with Crippen molar-refractivity contribution in [1.82, 2.24) is 0 Å². The van der Waals surface area contributed by atoms with Crippen LogP contribution in [-0.2, 0) is 16.1 Å². The van der Waals surface area contributed by atoms with E-state index in [0.29, 0.717) is 11.5 Å². The third-order valence-electron chi connectivity index (χ3n) is 3.38. The molecule has 0 saturated carbocycles. The number of ether oxygens (including phenoxy) is 3. The highest BCUT2D eigenvalue weighted by Gasteiger charge is 2.04. The van der Waals surface area contributed by atoms with Crippen LogP contribution in [0.25, 0.3) is 6.08 Å². The molecule has 0 amide bonds. The van der Waals surface area contributed by atoms with Crippen LogP contribution in [0.3, 0.4) is 0 Å². The van der Waals surface area contributed by atoms with Crippen molar-refractivity contribution in [3.8, 4) is 11.5 Å². The highest BCUT2D eigenvalue weighted by Crippen LogP contribution is 2.25. The Labute approximate surface area is 146 Å². The van der Waals surface area contributed by atoms with Crippen molar-refractivity contribution < 1.29 is 19.0 Å². The van der Waals surface area contributed by atoms with Crippen molar-refractivity contribution in [2.45, 2.75) is 11.5 Å². The second kappa shape index (κ2) is 9.03. The van der Waals surface area contributed by atoms with Crippen LogP contribution < -0.4 is 9.47 Å². The zero-order valence-electron chi connectivity index (χ0n) is 13.9. The smallest absolute Gasteiger partial charge is 0.331 e. The average molecular weight is 344 g/mol. The molecule has 0 radical (unpaired) electrons. The lowest BCUT2D eigenvalue weighted by molar-refractivity contribution is -0.138. The number of benzene rings is 2. The molecule has 0 aliphatic heterocycles. The maximum absolute atomic E-state index is 11.9. The number of hydrogen-bond acceptors (Lipinski definition) is 5. The fraction of sp³-hybridized carbons (Fsp3) is 0.211. The summed E-state index contributed by atoms with van der Waals surface area (Å²) in [5, 5.41) is 0. The van der Waals surface area contributed by atoms with Gasteiger partial charge in [0.15, 0.2) is 0 Å². The fourth-order valence-corrected chi connectivity index (χ4v) is 2.46. The van der Waals surface area contributed by atoms with Gasteiger partial charge >= 0.3 is 5.97 Å². The molecule has 0 atom stereocenters. The van der Waals surface area contributed by atoms with Crippen LogP contribution >= 0.6 is 11.8 Å². The molecule has 0 unspecified atom stereocenters. The summed E-state index contributed by atoms with van der Waals surface area (Å²) >= 11 is 1.67. The Morgan fingerprint density at radius 1 is 1.08 bits per heavy atom. The molecule has 2 rings (SSSR count). The van der Waals surface area contributed by atoms with Crippen molar-refractivity contribution in [3.63, 3.8) is 0 Å². The van der Waals surface area contributed by atoms with Gasteiger partial charge < -0.3 is 14.2 Å². The minimum absolute atomic E-state index is 0.243. The molecule has 0 aromatic heterocycles. The monoisotopic (exact) mass is 344 g/mol. The van der Waals surface area contributed by atoms with Gasteiger partial charge in [-0.1, -0.05) is 12.1 Å². The average Bonchev–Trinajstić information content (AvgIpc) is 2.64. The lowest BCUT2D eigenvalue weighted by atomic mass is 10.1. The molecule has 0 N–H and O–H groups in total. The van der Waals surface area contributed by atoms with E-state index in [0.717, 1.165) is 11.1 Å². The number of thioether (sulfide) groups is 1. The van der Waals surface area contributed by atoms with Gasteiger partial charge in [0.2, 0.25) is 0 Å². The van der Waals surface area contributed by atoms with Crippen LogP contribution in [0.4, 0.5) is 0 Å². The van der Waals surface area contributed by atoms with E-state index in [1.807, 2.05) is 30.5 Å². The van der Waals surface area contributed by atoms with Crippen LogP contribution in [0.5, 0.6) is 11.5 Å². The highest BCUT2D eigenvalue weighted by molar-refractivity contribution is 7.98. The SMILES string of the molecule is COc1ccc(OC)c(/C=C/C(=O)OCc2ccc(SC)cc2)c1. The molecule has 0 fully saturated rings. The van der Waals surface area contributed by atoms with E-state index in [1.54, 1.807) is 50.3 Å². The minimum atomic E-state index is -0.409. The molecule has 0 spiro atoms. The summed E-state index contributed by atoms with van der Waals surface area (Å²) < 4.78 is 15.7. The van der Waals surface area contributed by atoms with Gasteiger partial charge in [-0.05, 0) is 48.2 Å². The Bertz CT molecular complexity index is 708. The van der Waals surface area contributed by atoms with Gasteiger partial charge in [0, 0.05) is 16.5 Å². The molecule has 2 aromatic rings. The molecule has 2 aromatic carbocycles. The van der Waals surface area contributed by atoms with Crippen molar-refractivity contribution in [3.05, 3.63) is 59.7 Å². The molecule has 24 heavy (non-hydrogen) atoms. The summed E-state index contributed by atoms with van der Waals surface area (Å²) in [6.45, 7) is 0.243. The van der Waals surface area contributed by atoms with Crippen LogP contribution in [0.2, 0.25) is 0 Å². The molecule has 0 aliphatic carbocycles. The summed E-state index contributed by atoms with van der Waals surface area (Å²) in [7, 11) is 3.17. The summed E-state index contributed by atoms with van der Waals surface area (Å²) in [4.78, 5) is 13.1. The standard InChI is InChI=1S/C19H20O4S/c1-21-16-7-10-18(22-2)15(12-16)6-11-19(20)23-13-14-4-8-17(24-3)9-5-14/h4-12H,13H2,1-3H3/b11-6+. The van der Waals surface area contributed by atoms with E-state index in [4.69, 9.17) is 14.2 Å². The molecule has 5 heteroatoms. The Morgan fingerprint density at radius 3 is 2.46 bits per heavy atom. The third kappa shape index (κ3) is 5.06. The number of carbonyl (C=O) groups excluding carboxylic acids is 1. The van der Waals surface area contributed by atoms with E-state index in [-0.39, 0.29) is 6.61 Å². The topological polar surface area (TPSA) is 44.8 Å². The molecule has 4 nitrogen and oxygen atoms in total. The van der Waals surface area contributed by atoms with Crippen LogP contribution in [0, 0.1) is 0 Å². The van der Waals surface area contributed by atoms with Crippen molar-refractivity contribution in [2.75, 3.05) is 20.5 Å². The second-order valence-corrected chi connectivity index (χ2v) is 5.78. The van der Waals surface area contributed by atoms with Gasteiger partial charge in [0.25, 0.3) is 0 Å².